The molecule has 1 heterocycles. The number of aromatic amines is 1. The van der Waals surface area contributed by atoms with Gasteiger partial charge in [0.05, 0.1) is 4.90 Å². The molecule has 0 unspecified atom stereocenters. The first-order chi connectivity index (χ1) is 8.49. The molecule has 1 aromatic carbocycles. The maximum atomic E-state index is 12.2. The minimum Gasteiger partial charge on any atom is -0.367 e. The molecular weight excluding hydrogens is 316 g/mol. The van der Waals surface area contributed by atoms with Gasteiger partial charge in [-0.1, -0.05) is 22.0 Å². The quantitative estimate of drug-likeness (QED) is 0.906. The molecule has 0 aliphatic rings. The standard InChI is InChI=1S/C12H13BrN2O2S/c1-9-2-3-11(13)6-12(9)18(16,17)15-8-10-4-5-14-7-10/h2-7,14-15H,8H2,1H3. The number of sulfonamides is 1. The van der Waals surface area contributed by atoms with Gasteiger partial charge in [0.1, 0.15) is 0 Å². The fraction of sp³-hybridized carbons (Fsp3) is 0.167. The maximum absolute atomic E-state index is 12.2. The number of aryl methyl sites for hydroxylation is 1. The van der Waals surface area contributed by atoms with Crippen molar-refractivity contribution >= 4 is 26.0 Å². The van der Waals surface area contributed by atoms with Crippen LogP contribution in [0.1, 0.15) is 11.1 Å². The zero-order valence-electron chi connectivity index (χ0n) is 9.77. The van der Waals surface area contributed by atoms with Gasteiger partial charge in [-0.05, 0) is 36.2 Å². The third kappa shape index (κ3) is 3.01. The fourth-order valence-corrected chi connectivity index (χ4v) is 3.39. The van der Waals surface area contributed by atoms with Gasteiger partial charge in [0, 0.05) is 23.4 Å². The van der Waals surface area contributed by atoms with Crippen molar-refractivity contribution in [3.63, 3.8) is 0 Å². The largest absolute Gasteiger partial charge is 0.367 e. The van der Waals surface area contributed by atoms with E-state index in [1.165, 1.54) is 0 Å². The Morgan fingerprint density at radius 2 is 2.11 bits per heavy atom. The third-order valence-electron chi connectivity index (χ3n) is 2.57. The molecule has 18 heavy (non-hydrogen) atoms. The van der Waals surface area contributed by atoms with Crippen molar-refractivity contribution < 1.29 is 8.42 Å². The smallest absolute Gasteiger partial charge is 0.241 e. The second-order valence-corrected chi connectivity index (χ2v) is 6.60. The Morgan fingerprint density at radius 3 is 2.78 bits per heavy atom. The highest BCUT2D eigenvalue weighted by atomic mass is 79.9. The number of nitrogens with one attached hydrogen (secondary N) is 2. The average Bonchev–Trinajstić information content (AvgIpc) is 2.83. The second kappa shape index (κ2) is 5.26. The van der Waals surface area contributed by atoms with Crippen LogP contribution in [-0.2, 0) is 16.6 Å². The summed E-state index contributed by atoms with van der Waals surface area (Å²) in [6, 6.07) is 7.03. The predicted octanol–water partition coefficient (Wildman–Crippen LogP) is 2.56. The highest BCUT2D eigenvalue weighted by molar-refractivity contribution is 9.10. The van der Waals surface area contributed by atoms with E-state index in [0.717, 1.165) is 15.6 Å². The van der Waals surface area contributed by atoms with Crippen LogP contribution in [0.15, 0.2) is 46.0 Å². The summed E-state index contributed by atoms with van der Waals surface area (Å²) in [5, 5.41) is 0. The maximum Gasteiger partial charge on any atom is 0.241 e. The molecule has 6 heteroatoms. The van der Waals surface area contributed by atoms with Gasteiger partial charge in [0.25, 0.3) is 0 Å². The molecule has 96 valence electrons. The summed E-state index contributed by atoms with van der Waals surface area (Å²) in [5.74, 6) is 0. The first-order valence-corrected chi connectivity index (χ1v) is 7.64. The minimum absolute atomic E-state index is 0.276. The van der Waals surface area contributed by atoms with E-state index in [1.54, 1.807) is 31.5 Å². The lowest BCUT2D eigenvalue weighted by molar-refractivity contribution is 0.580. The van der Waals surface area contributed by atoms with Crippen LogP contribution < -0.4 is 4.72 Å². The predicted molar refractivity (Wildman–Crippen MR) is 73.7 cm³/mol. The van der Waals surface area contributed by atoms with Gasteiger partial charge in [0.15, 0.2) is 0 Å². The molecule has 4 nitrogen and oxygen atoms in total. The van der Waals surface area contributed by atoms with Crippen molar-refractivity contribution in [2.75, 3.05) is 0 Å². The molecule has 0 saturated carbocycles. The molecule has 2 rings (SSSR count). The summed E-state index contributed by atoms with van der Waals surface area (Å²) in [5.41, 5.74) is 1.62. The van der Waals surface area contributed by atoms with Crippen LogP contribution in [0.2, 0.25) is 0 Å². The Kier molecular flexibility index (Phi) is 3.89. The molecule has 0 aliphatic carbocycles. The van der Waals surface area contributed by atoms with Crippen LogP contribution in [0.4, 0.5) is 0 Å². The van der Waals surface area contributed by atoms with E-state index in [4.69, 9.17) is 0 Å². The third-order valence-corrected chi connectivity index (χ3v) is 4.60. The van der Waals surface area contributed by atoms with Gasteiger partial charge in [0.2, 0.25) is 10.0 Å². The number of benzene rings is 1. The van der Waals surface area contributed by atoms with Gasteiger partial charge < -0.3 is 4.98 Å². The van der Waals surface area contributed by atoms with E-state index in [-0.39, 0.29) is 6.54 Å². The van der Waals surface area contributed by atoms with E-state index in [9.17, 15) is 8.42 Å². The Bertz CT molecular complexity index is 636. The highest BCUT2D eigenvalue weighted by Gasteiger charge is 2.16. The van der Waals surface area contributed by atoms with Gasteiger partial charge in [-0.3, -0.25) is 0 Å². The molecule has 0 spiro atoms. The summed E-state index contributed by atoms with van der Waals surface area (Å²) in [4.78, 5) is 3.18. The summed E-state index contributed by atoms with van der Waals surface area (Å²) in [6.07, 6.45) is 3.52. The number of rotatable bonds is 4. The van der Waals surface area contributed by atoms with Crippen molar-refractivity contribution in [3.05, 3.63) is 52.3 Å². The molecule has 1 aromatic heterocycles. The first-order valence-electron chi connectivity index (χ1n) is 5.36. The van der Waals surface area contributed by atoms with Crippen LogP contribution in [0.3, 0.4) is 0 Å². The average molecular weight is 329 g/mol. The zero-order chi connectivity index (χ0) is 13.2. The summed E-state index contributed by atoms with van der Waals surface area (Å²) in [7, 11) is -3.48. The molecule has 0 radical (unpaired) electrons. The number of aromatic nitrogens is 1. The van der Waals surface area contributed by atoms with Crippen LogP contribution >= 0.6 is 15.9 Å². The molecular formula is C12H13BrN2O2S. The van der Waals surface area contributed by atoms with Gasteiger partial charge in [-0.2, -0.15) is 0 Å². The Labute approximate surface area is 115 Å². The molecule has 0 saturated heterocycles. The first kappa shape index (κ1) is 13.3. The zero-order valence-corrected chi connectivity index (χ0v) is 12.2. The fourth-order valence-electron chi connectivity index (χ4n) is 1.59. The van der Waals surface area contributed by atoms with Crippen LogP contribution in [0.25, 0.3) is 0 Å². The van der Waals surface area contributed by atoms with Crippen molar-refractivity contribution in [1.29, 1.82) is 0 Å². The summed E-state index contributed by atoms with van der Waals surface area (Å²) in [6.45, 7) is 2.05. The minimum atomic E-state index is -3.48. The highest BCUT2D eigenvalue weighted by Crippen LogP contribution is 2.20. The number of halogens is 1. The molecule has 2 N–H and O–H groups in total. The number of H-pyrrole nitrogens is 1. The summed E-state index contributed by atoms with van der Waals surface area (Å²) >= 11 is 3.28. The molecule has 0 fully saturated rings. The monoisotopic (exact) mass is 328 g/mol. The molecule has 0 aliphatic heterocycles. The number of hydrogen-bond donors (Lipinski definition) is 2. The number of hydrogen-bond acceptors (Lipinski definition) is 2. The van der Waals surface area contributed by atoms with E-state index >= 15 is 0 Å². The molecule has 0 atom stereocenters. The van der Waals surface area contributed by atoms with Crippen molar-refractivity contribution in [1.82, 2.24) is 9.71 Å². The van der Waals surface area contributed by atoms with Crippen molar-refractivity contribution in [2.24, 2.45) is 0 Å². The van der Waals surface area contributed by atoms with Crippen LogP contribution in [0.5, 0.6) is 0 Å². The second-order valence-electron chi connectivity index (χ2n) is 3.95. The van der Waals surface area contributed by atoms with Crippen LogP contribution in [0, 0.1) is 6.92 Å². The molecule has 0 amide bonds. The Morgan fingerprint density at radius 1 is 1.33 bits per heavy atom. The van der Waals surface area contributed by atoms with Crippen molar-refractivity contribution in [3.8, 4) is 0 Å². The lowest BCUT2D eigenvalue weighted by Gasteiger charge is -2.09. The van der Waals surface area contributed by atoms with E-state index < -0.39 is 10.0 Å². The molecule has 2 aromatic rings. The Balaban J connectivity index is 2.22. The van der Waals surface area contributed by atoms with Crippen molar-refractivity contribution in [2.45, 2.75) is 18.4 Å². The Hall–Kier alpha value is -1.11. The normalized spacial score (nSPS) is 11.7. The topological polar surface area (TPSA) is 62.0 Å². The SMILES string of the molecule is Cc1ccc(Br)cc1S(=O)(=O)NCc1cc[nH]c1. The van der Waals surface area contributed by atoms with E-state index in [1.807, 2.05) is 12.1 Å². The van der Waals surface area contributed by atoms with E-state index in [0.29, 0.717) is 4.90 Å². The van der Waals surface area contributed by atoms with Gasteiger partial charge in [-0.25, -0.2) is 13.1 Å². The lowest BCUT2D eigenvalue weighted by atomic mass is 10.2. The lowest BCUT2D eigenvalue weighted by Crippen LogP contribution is -2.23. The summed E-state index contributed by atoms with van der Waals surface area (Å²) < 4.78 is 27.6. The van der Waals surface area contributed by atoms with Gasteiger partial charge >= 0.3 is 0 Å². The van der Waals surface area contributed by atoms with E-state index in [2.05, 4.69) is 25.6 Å². The van der Waals surface area contributed by atoms with Crippen LogP contribution in [-0.4, -0.2) is 13.4 Å². The van der Waals surface area contributed by atoms with Gasteiger partial charge in [-0.15, -0.1) is 0 Å². The molecule has 0 bridgehead atoms.